The molecule has 0 aromatic heterocycles. The van der Waals surface area contributed by atoms with E-state index >= 15 is 0 Å². The fourth-order valence-electron chi connectivity index (χ4n) is 9.12. The molecule has 6 heteroatoms. The van der Waals surface area contributed by atoms with Crippen molar-refractivity contribution < 1.29 is 24.5 Å². The standard InChI is InChI=1S/C63H117NO5/c1-3-5-7-9-11-13-15-16-32-36-39-43-47-51-55-61(66)60(59-65)64-62(67)56-52-48-44-40-37-33-30-28-26-24-22-20-18-17-19-21-23-25-27-29-31-34-38-42-46-50-54-58-69-63(68)57-53-49-45-41-35-14-12-10-8-6-4-2/h10,12,17-18,21,23,51,55,60-61,65-66H,3-9,11,13-16,19-20,22,24-50,52-54,56-59H2,1-2H3,(H,64,67)/b12-10-,18-17-,23-21-,55-51+. The van der Waals surface area contributed by atoms with Gasteiger partial charge in [0.25, 0.3) is 0 Å². The van der Waals surface area contributed by atoms with E-state index in [1.807, 2.05) is 6.08 Å². The molecule has 69 heavy (non-hydrogen) atoms. The smallest absolute Gasteiger partial charge is 0.305 e. The Morgan fingerprint density at radius 2 is 0.739 bits per heavy atom. The molecule has 0 spiro atoms. The molecule has 0 radical (unpaired) electrons. The summed E-state index contributed by atoms with van der Waals surface area (Å²) in [5.41, 5.74) is 0. The van der Waals surface area contributed by atoms with Gasteiger partial charge < -0.3 is 20.3 Å². The first-order chi connectivity index (χ1) is 34.0. The Balaban J connectivity index is 3.45. The molecule has 0 aliphatic heterocycles. The minimum absolute atomic E-state index is 0.00138. The molecule has 3 N–H and O–H groups in total. The van der Waals surface area contributed by atoms with Gasteiger partial charge in [0.05, 0.1) is 25.4 Å². The monoisotopic (exact) mass is 968 g/mol. The normalized spacial score (nSPS) is 12.9. The summed E-state index contributed by atoms with van der Waals surface area (Å²) < 4.78 is 5.45. The van der Waals surface area contributed by atoms with Gasteiger partial charge in [-0.3, -0.25) is 9.59 Å². The molecule has 2 unspecified atom stereocenters. The van der Waals surface area contributed by atoms with E-state index < -0.39 is 12.1 Å². The number of unbranched alkanes of at least 4 members (excludes halogenated alkanes) is 39. The SMILES string of the molecule is CCCC/C=C\CCCCCCCC(=O)OCCCCCCCCCCC/C=C\C/C=C\CCCCCCCCCCCCCC(=O)NC(CO)C(O)/C=C/CCCCCCCCCCCCCC. The lowest BCUT2D eigenvalue weighted by Crippen LogP contribution is -2.45. The van der Waals surface area contributed by atoms with Crippen molar-refractivity contribution in [3.8, 4) is 0 Å². The number of nitrogens with one attached hydrogen (secondary N) is 1. The molecular weight excluding hydrogens is 851 g/mol. The molecule has 6 nitrogen and oxygen atoms in total. The Kier molecular flexibility index (Phi) is 56.5. The van der Waals surface area contributed by atoms with Crippen molar-refractivity contribution in [2.45, 2.75) is 328 Å². The largest absolute Gasteiger partial charge is 0.466 e. The van der Waals surface area contributed by atoms with Crippen LogP contribution in [-0.4, -0.2) is 47.4 Å². The molecule has 0 rings (SSSR count). The van der Waals surface area contributed by atoms with E-state index in [4.69, 9.17) is 4.74 Å². The van der Waals surface area contributed by atoms with Gasteiger partial charge in [0.15, 0.2) is 0 Å². The van der Waals surface area contributed by atoms with Gasteiger partial charge in [0, 0.05) is 12.8 Å². The third-order valence-electron chi connectivity index (χ3n) is 13.8. The third kappa shape index (κ3) is 55.0. The van der Waals surface area contributed by atoms with E-state index in [0.29, 0.717) is 19.4 Å². The number of aliphatic hydroxyl groups excluding tert-OH is 2. The molecule has 1 amide bonds. The van der Waals surface area contributed by atoms with E-state index in [-0.39, 0.29) is 18.5 Å². The average Bonchev–Trinajstić information content (AvgIpc) is 3.35. The highest BCUT2D eigenvalue weighted by molar-refractivity contribution is 5.76. The first-order valence-corrected chi connectivity index (χ1v) is 30.4. The zero-order valence-corrected chi connectivity index (χ0v) is 46.0. The van der Waals surface area contributed by atoms with Crippen LogP contribution in [0.25, 0.3) is 0 Å². The van der Waals surface area contributed by atoms with Crippen LogP contribution in [0, 0.1) is 0 Å². The van der Waals surface area contributed by atoms with Crippen molar-refractivity contribution in [1.29, 1.82) is 0 Å². The van der Waals surface area contributed by atoms with Crippen LogP contribution >= 0.6 is 0 Å². The van der Waals surface area contributed by atoms with Crippen LogP contribution in [0.4, 0.5) is 0 Å². The quantitative estimate of drug-likeness (QED) is 0.0321. The lowest BCUT2D eigenvalue weighted by Gasteiger charge is -2.20. The second-order valence-corrected chi connectivity index (χ2v) is 20.7. The van der Waals surface area contributed by atoms with Crippen molar-refractivity contribution in [1.82, 2.24) is 5.32 Å². The maximum Gasteiger partial charge on any atom is 0.305 e. The first-order valence-electron chi connectivity index (χ1n) is 30.4. The van der Waals surface area contributed by atoms with Gasteiger partial charge >= 0.3 is 5.97 Å². The Labute approximate surface area is 429 Å². The van der Waals surface area contributed by atoms with Crippen LogP contribution in [0.15, 0.2) is 48.6 Å². The number of allylic oxidation sites excluding steroid dienone is 7. The lowest BCUT2D eigenvalue weighted by molar-refractivity contribution is -0.143. The maximum absolute atomic E-state index is 12.5. The molecule has 0 aromatic carbocycles. The van der Waals surface area contributed by atoms with Gasteiger partial charge in [0.1, 0.15) is 0 Å². The zero-order chi connectivity index (χ0) is 50.0. The summed E-state index contributed by atoms with van der Waals surface area (Å²) in [5, 5.41) is 23.1. The topological polar surface area (TPSA) is 95.9 Å². The maximum atomic E-state index is 12.5. The van der Waals surface area contributed by atoms with Crippen molar-refractivity contribution in [3.63, 3.8) is 0 Å². The van der Waals surface area contributed by atoms with Crippen LogP contribution < -0.4 is 5.32 Å². The average molecular weight is 969 g/mol. The van der Waals surface area contributed by atoms with E-state index in [2.05, 4.69) is 55.6 Å². The van der Waals surface area contributed by atoms with Crippen molar-refractivity contribution in [3.05, 3.63) is 48.6 Å². The van der Waals surface area contributed by atoms with Gasteiger partial charge in [0.2, 0.25) is 5.91 Å². The number of rotatable bonds is 56. The highest BCUT2D eigenvalue weighted by Gasteiger charge is 2.18. The minimum atomic E-state index is -0.846. The molecular formula is C63H117NO5. The second-order valence-electron chi connectivity index (χ2n) is 20.7. The highest BCUT2D eigenvalue weighted by Crippen LogP contribution is 2.16. The van der Waals surface area contributed by atoms with E-state index in [1.165, 1.54) is 238 Å². The summed E-state index contributed by atoms with van der Waals surface area (Å²) in [6.07, 6.45) is 74.4. The highest BCUT2D eigenvalue weighted by atomic mass is 16.5. The van der Waals surface area contributed by atoms with Crippen LogP contribution in [0.1, 0.15) is 316 Å². The Morgan fingerprint density at radius 1 is 0.406 bits per heavy atom. The van der Waals surface area contributed by atoms with Gasteiger partial charge in [-0.1, -0.05) is 268 Å². The molecule has 0 saturated carbocycles. The number of ether oxygens (including phenoxy) is 1. The summed E-state index contributed by atoms with van der Waals surface area (Å²) in [5.74, 6) is -0.0724. The number of aliphatic hydroxyl groups is 2. The fraction of sp³-hybridized carbons (Fsp3) is 0.841. The molecule has 0 bridgehead atoms. The predicted octanol–water partition coefficient (Wildman–Crippen LogP) is 19.0. The third-order valence-corrected chi connectivity index (χ3v) is 13.8. The number of hydrogen-bond donors (Lipinski definition) is 3. The van der Waals surface area contributed by atoms with Crippen molar-refractivity contribution >= 4 is 11.9 Å². The fourth-order valence-corrected chi connectivity index (χ4v) is 9.12. The van der Waals surface area contributed by atoms with Crippen molar-refractivity contribution in [2.75, 3.05) is 13.2 Å². The number of hydrogen-bond acceptors (Lipinski definition) is 5. The minimum Gasteiger partial charge on any atom is -0.466 e. The second kappa shape index (κ2) is 58.4. The Bertz CT molecular complexity index is 1160. The molecule has 0 fully saturated rings. The summed E-state index contributed by atoms with van der Waals surface area (Å²) in [4.78, 5) is 24.4. The first kappa shape index (κ1) is 66.8. The number of carbonyl (C=O) groups excluding carboxylic acids is 2. The lowest BCUT2D eigenvalue weighted by atomic mass is 10.0. The van der Waals surface area contributed by atoms with Crippen molar-refractivity contribution in [2.24, 2.45) is 0 Å². The van der Waals surface area contributed by atoms with Gasteiger partial charge in [-0.2, -0.15) is 0 Å². The summed E-state index contributed by atoms with van der Waals surface area (Å²) in [6, 6.07) is -0.630. The number of amides is 1. The van der Waals surface area contributed by atoms with Crippen LogP contribution in [0.3, 0.4) is 0 Å². The van der Waals surface area contributed by atoms with E-state index in [0.717, 1.165) is 51.4 Å². The van der Waals surface area contributed by atoms with Gasteiger partial charge in [-0.25, -0.2) is 0 Å². The van der Waals surface area contributed by atoms with Crippen LogP contribution in [-0.2, 0) is 14.3 Å². The van der Waals surface area contributed by atoms with E-state index in [9.17, 15) is 19.8 Å². The zero-order valence-electron chi connectivity index (χ0n) is 46.0. The van der Waals surface area contributed by atoms with Gasteiger partial charge in [-0.05, 0) is 83.5 Å². The Morgan fingerprint density at radius 3 is 1.16 bits per heavy atom. The Hall–Kier alpha value is -2.18. The molecule has 0 aromatic rings. The molecule has 404 valence electrons. The van der Waals surface area contributed by atoms with Crippen LogP contribution in [0.5, 0.6) is 0 Å². The summed E-state index contributed by atoms with van der Waals surface area (Å²) >= 11 is 0. The molecule has 0 aliphatic carbocycles. The van der Waals surface area contributed by atoms with E-state index in [1.54, 1.807) is 6.08 Å². The molecule has 2 atom stereocenters. The summed E-state index contributed by atoms with van der Waals surface area (Å²) in [6.45, 7) is 4.86. The molecule has 0 heterocycles. The summed E-state index contributed by atoms with van der Waals surface area (Å²) in [7, 11) is 0. The number of esters is 1. The van der Waals surface area contributed by atoms with Crippen LogP contribution in [0.2, 0.25) is 0 Å². The predicted molar refractivity (Wildman–Crippen MR) is 301 cm³/mol. The molecule has 0 saturated heterocycles. The van der Waals surface area contributed by atoms with Gasteiger partial charge in [-0.15, -0.1) is 0 Å². The number of carbonyl (C=O) groups is 2. The molecule has 0 aliphatic rings.